The van der Waals surface area contributed by atoms with Crippen LogP contribution in [0.5, 0.6) is 0 Å². The second-order valence-corrected chi connectivity index (χ2v) is 14.2. The van der Waals surface area contributed by atoms with E-state index in [4.69, 9.17) is 14.2 Å². The molecule has 0 unspecified atom stereocenters. The van der Waals surface area contributed by atoms with Gasteiger partial charge in [-0.25, -0.2) is 26.4 Å². The number of benzene rings is 2. The van der Waals surface area contributed by atoms with Crippen LogP contribution in [0.3, 0.4) is 0 Å². The third-order valence-electron chi connectivity index (χ3n) is 6.60. The van der Waals surface area contributed by atoms with Crippen molar-refractivity contribution in [3.05, 3.63) is 83.2 Å². The molecule has 2 saturated heterocycles. The number of hydrogen-bond donors (Lipinski definition) is 0. The third kappa shape index (κ3) is 5.74. The van der Waals surface area contributed by atoms with E-state index in [9.17, 15) is 26.4 Å². The summed E-state index contributed by atoms with van der Waals surface area (Å²) >= 11 is 0. The number of cyclic esters (lactones) is 2. The predicted molar refractivity (Wildman–Crippen MR) is 149 cm³/mol. The lowest BCUT2D eigenvalue weighted by atomic mass is 10.1. The number of amides is 2. The van der Waals surface area contributed by atoms with Crippen molar-refractivity contribution in [2.24, 2.45) is 0 Å². The fraction of sp³-hybridized carbons (Fsp3) is 0.357. The van der Waals surface area contributed by atoms with E-state index in [1.165, 1.54) is 36.4 Å². The van der Waals surface area contributed by atoms with E-state index in [1.54, 1.807) is 52.0 Å². The minimum Gasteiger partial charge on any atom is -0.436 e. The highest BCUT2D eigenvalue weighted by Gasteiger charge is 2.50. The molecular weight excluding hydrogens is 572 g/mol. The smallest absolute Gasteiger partial charge is 0.429 e. The molecule has 0 aromatic heterocycles. The Morgan fingerprint density at radius 3 is 1.29 bits per heavy atom. The molecule has 2 amide bonds. The first-order valence-corrected chi connectivity index (χ1v) is 15.6. The monoisotopic (exact) mass is 604 g/mol. The van der Waals surface area contributed by atoms with Crippen molar-refractivity contribution >= 4 is 32.2 Å². The summed E-state index contributed by atoms with van der Waals surface area (Å²) in [6.45, 7) is 9.55. The van der Waals surface area contributed by atoms with Gasteiger partial charge in [-0.05, 0) is 78.0 Å². The number of aryl methyl sites for hydroxylation is 2. The van der Waals surface area contributed by atoms with Gasteiger partial charge in [0.2, 0.25) is 0 Å². The molecule has 0 N–H and O–H groups in total. The normalized spacial score (nSPS) is 20.5. The number of ether oxygens (including phenoxy) is 3. The average Bonchev–Trinajstić information content (AvgIpc) is 3.25. The number of carbonyl (C=O) groups is 2. The van der Waals surface area contributed by atoms with E-state index >= 15 is 0 Å². The van der Waals surface area contributed by atoms with Gasteiger partial charge >= 0.3 is 12.2 Å². The van der Waals surface area contributed by atoms with Crippen molar-refractivity contribution in [3.63, 3.8) is 0 Å². The van der Waals surface area contributed by atoms with Crippen molar-refractivity contribution < 1.29 is 40.6 Å². The van der Waals surface area contributed by atoms with Gasteiger partial charge in [0, 0.05) is 0 Å². The van der Waals surface area contributed by atoms with Crippen molar-refractivity contribution in [3.8, 4) is 0 Å². The largest absolute Gasteiger partial charge is 0.436 e. The van der Waals surface area contributed by atoms with Crippen LogP contribution in [0.1, 0.15) is 38.8 Å². The van der Waals surface area contributed by atoms with E-state index in [0.717, 1.165) is 11.1 Å². The molecule has 2 aromatic rings. The van der Waals surface area contributed by atoms with Crippen LogP contribution < -0.4 is 0 Å². The molecule has 220 valence electrons. The van der Waals surface area contributed by atoms with Crippen LogP contribution in [0, 0.1) is 13.8 Å². The molecule has 2 heterocycles. The molecule has 0 spiro atoms. The molecule has 2 aromatic carbocycles. The highest BCUT2D eigenvalue weighted by atomic mass is 32.2. The van der Waals surface area contributed by atoms with Gasteiger partial charge in [-0.1, -0.05) is 35.4 Å². The molecular formula is C28H32N2O9S2. The van der Waals surface area contributed by atoms with Crippen molar-refractivity contribution in [2.45, 2.75) is 62.5 Å². The maximum atomic E-state index is 13.3. The summed E-state index contributed by atoms with van der Waals surface area (Å²) in [4.78, 5) is 25.1. The summed E-state index contributed by atoms with van der Waals surface area (Å²) in [5.41, 5.74) is -0.672. The molecule has 2 aliphatic heterocycles. The molecule has 41 heavy (non-hydrogen) atoms. The maximum Gasteiger partial charge on any atom is 0.429 e. The van der Waals surface area contributed by atoms with Crippen molar-refractivity contribution in [1.82, 2.24) is 8.61 Å². The molecule has 2 fully saturated rings. The number of nitrogens with zero attached hydrogens (tertiary/aromatic N) is 2. The minimum atomic E-state index is -4.26. The number of carbonyl (C=O) groups excluding carboxylic acids is 2. The highest BCUT2D eigenvalue weighted by Crippen LogP contribution is 2.38. The van der Waals surface area contributed by atoms with Crippen LogP contribution in [-0.2, 0) is 34.3 Å². The Labute approximate surface area is 240 Å². The van der Waals surface area contributed by atoms with E-state index in [1.807, 2.05) is 13.8 Å². The fourth-order valence-electron chi connectivity index (χ4n) is 4.40. The molecule has 0 saturated carbocycles. The number of rotatable bonds is 8. The van der Waals surface area contributed by atoms with E-state index in [2.05, 4.69) is 0 Å². The summed E-state index contributed by atoms with van der Waals surface area (Å²) in [5.74, 6) is 0. The Hall–Kier alpha value is -3.68. The topological polar surface area (TPSA) is 137 Å². The van der Waals surface area contributed by atoms with E-state index in [-0.39, 0.29) is 34.4 Å². The van der Waals surface area contributed by atoms with Crippen LogP contribution in [0.2, 0.25) is 0 Å². The molecule has 2 aliphatic rings. The first-order chi connectivity index (χ1) is 19.0. The molecule has 0 aliphatic carbocycles. The predicted octanol–water partition coefficient (Wildman–Crippen LogP) is 4.63. The van der Waals surface area contributed by atoms with Gasteiger partial charge in [0.25, 0.3) is 20.0 Å². The standard InChI is InChI=1S/C28H32N2O9S2/c1-19-7-11-21(12-8-19)40(33,34)29-23(27(3,4)38-25(29)31)15-17-37-18-16-24-28(5,6)39-26(32)30(24)41(35,36)22-13-9-20(2)10-14-22/h7-16H,17-18H2,1-6H3/b23-15+,24-16+. The fourth-order valence-corrected chi connectivity index (χ4v) is 7.35. The summed E-state index contributed by atoms with van der Waals surface area (Å²) < 4.78 is 70.8. The van der Waals surface area contributed by atoms with E-state index in [0.29, 0.717) is 8.61 Å². The summed E-state index contributed by atoms with van der Waals surface area (Å²) in [5, 5.41) is 0. The second kappa shape index (κ2) is 10.6. The van der Waals surface area contributed by atoms with Gasteiger partial charge in [-0.15, -0.1) is 0 Å². The molecule has 0 radical (unpaired) electrons. The van der Waals surface area contributed by atoms with Crippen LogP contribution in [0.15, 0.2) is 81.9 Å². The van der Waals surface area contributed by atoms with E-state index < -0.39 is 43.4 Å². The maximum absolute atomic E-state index is 13.3. The summed E-state index contributed by atoms with van der Waals surface area (Å²) in [6, 6.07) is 12.1. The summed E-state index contributed by atoms with van der Waals surface area (Å²) in [7, 11) is -8.52. The van der Waals surface area contributed by atoms with Crippen LogP contribution in [0.4, 0.5) is 9.59 Å². The van der Waals surface area contributed by atoms with Gasteiger partial charge in [-0.3, -0.25) is 0 Å². The first kappa shape index (κ1) is 30.3. The van der Waals surface area contributed by atoms with Gasteiger partial charge in [0.1, 0.15) is 11.2 Å². The average molecular weight is 605 g/mol. The van der Waals surface area contributed by atoms with Gasteiger partial charge in [0.05, 0.1) is 34.4 Å². The van der Waals surface area contributed by atoms with Crippen molar-refractivity contribution in [1.29, 1.82) is 0 Å². The Kier molecular flexibility index (Phi) is 7.84. The zero-order valence-corrected chi connectivity index (χ0v) is 25.2. The van der Waals surface area contributed by atoms with Crippen LogP contribution >= 0.6 is 0 Å². The lowest BCUT2D eigenvalue weighted by Crippen LogP contribution is -2.33. The zero-order valence-electron chi connectivity index (χ0n) is 23.6. The van der Waals surface area contributed by atoms with Gasteiger partial charge in [0.15, 0.2) is 0 Å². The molecule has 11 nitrogen and oxygen atoms in total. The first-order valence-electron chi connectivity index (χ1n) is 12.7. The van der Waals surface area contributed by atoms with Crippen LogP contribution in [-0.4, -0.2) is 62.0 Å². The lowest BCUT2D eigenvalue weighted by Gasteiger charge is -2.21. The lowest BCUT2D eigenvalue weighted by molar-refractivity contribution is 0.0947. The van der Waals surface area contributed by atoms with Gasteiger partial charge in [-0.2, -0.15) is 8.61 Å². The third-order valence-corrected chi connectivity index (χ3v) is 9.98. The highest BCUT2D eigenvalue weighted by molar-refractivity contribution is 7.90. The Morgan fingerprint density at radius 2 is 0.976 bits per heavy atom. The van der Waals surface area contributed by atoms with Crippen LogP contribution in [0.25, 0.3) is 0 Å². The van der Waals surface area contributed by atoms with Gasteiger partial charge < -0.3 is 14.2 Å². The quantitative estimate of drug-likeness (QED) is 0.395. The Morgan fingerprint density at radius 1 is 0.659 bits per heavy atom. The number of sulfonamides is 2. The molecule has 0 bridgehead atoms. The molecule has 13 heteroatoms. The zero-order chi connectivity index (χ0) is 30.4. The molecule has 0 atom stereocenters. The second-order valence-electron chi connectivity index (χ2n) is 10.6. The Bertz CT molecular complexity index is 1520. The SMILES string of the molecule is Cc1ccc(S(=O)(=O)N2C(=O)OC(C)(C)/C2=C\COC/C=C2/N(S(=O)(=O)c3ccc(C)cc3)C(=O)OC2(C)C)cc1. The summed E-state index contributed by atoms with van der Waals surface area (Å²) in [6.07, 6.45) is 0.753. The minimum absolute atomic E-state index is 0.0685. The Balaban J connectivity index is 1.56. The molecule has 4 rings (SSSR count). The van der Waals surface area contributed by atoms with Crippen molar-refractivity contribution in [2.75, 3.05) is 13.2 Å². The number of hydrogen-bond acceptors (Lipinski definition) is 9.